The first-order valence-corrected chi connectivity index (χ1v) is 12.5. The van der Waals surface area contributed by atoms with Crippen molar-refractivity contribution in [3.05, 3.63) is 48.0 Å². The number of rotatable bonds is 11. The minimum Gasteiger partial charge on any atom is -0.354 e. The second kappa shape index (κ2) is 12.5. The van der Waals surface area contributed by atoms with E-state index in [1.807, 2.05) is 50.2 Å². The Balaban J connectivity index is 1.76. The second-order valence-corrected chi connectivity index (χ2v) is 9.08. The maximum Gasteiger partial charge on any atom is 0.243 e. The lowest BCUT2D eigenvalue weighted by Gasteiger charge is -2.29. The molecule has 1 aliphatic heterocycles. The predicted octanol–water partition coefficient (Wildman–Crippen LogP) is 2.76. The maximum atomic E-state index is 13.3. The fourth-order valence-corrected chi connectivity index (χ4v) is 4.69. The molecular formula is C27H38N4O3. The topological polar surface area (TPSA) is 105 Å². The number of carbonyl (C=O) groups is 3. The third-order valence-corrected chi connectivity index (χ3v) is 6.74. The van der Waals surface area contributed by atoms with Crippen molar-refractivity contribution in [3.8, 4) is 0 Å². The Morgan fingerprint density at radius 1 is 1.09 bits per heavy atom. The Bertz CT molecular complexity index is 989. The third kappa shape index (κ3) is 6.35. The monoisotopic (exact) mass is 466 g/mol. The Labute approximate surface area is 202 Å². The minimum atomic E-state index is -0.725. The van der Waals surface area contributed by atoms with Crippen LogP contribution in [0.5, 0.6) is 0 Å². The quantitative estimate of drug-likeness (QED) is 0.443. The van der Waals surface area contributed by atoms with E-state index in [1.165, 1.54) is 0 Å². The van der Waals surface area contributed by atoms with Gasteiger partial charge in [0, 0.05) is 25.4 Å². The molecule has 3 amide bonds. The number of benzene rings is 2. The van der Waals surface area contributed by atoms with Gasteiger partial charge in [0.1, 0.15) is 12.1 Å². The molecule has 7 heteroatoms. The molecule has 3 rings (SSSR count). The molecule has 0 bridgehead atoms. The molecule has 1 saturated heterocycles. The fourth-order valence-electron chi connectivity index (χ4n) is 4.69. The van der Waals surface area contributed by atoms with Crippen molar-refractivity contribution < 1.29 is 14.4 Å². The molecule has 34 heavy (non-hydrogen) atoms. The van der Waals surface area contributed by atoms with Gasteiger partial charge in [-0.25, -0.2) is 0 Å². The van der Waals surface area contributed by atoms with Gasteiger partial charge in [-0.3, -0.25) is 14.4 Å². The molecule has 1 fully saturated rings. The molecule has 4 N–H and O–H groups in total. The van der Waals surface area contributed by atoms with Gasteiger partial charge in [-0.2, -0.15) is 0 Å². The molecule has 0 aromatic heterocycles. The lowest BCUT2D eigenvalue weighted by atomic mass is 10.00. The number of carbonyl (C=O) groups excluding carboxylic acids is 3. The van der Waals surface area contributed by atoms with Crippen LogP contribution in [-0.2, 0) is 20.8 Å². The van der Waals surface area contributed by atoms with Crippen LogP contribution in [0.25, 0.3) is 10.8 Å². The standard InChI is InChI=1S/C27H38N4O3/c1-3-20(4-2)27(34)31-16-7-11-24(31)26(33)30-23(25(32)29-15-8-14-28)18-19-12-13-21-9-5-6-10-22(21)17-19/h5-6,9-10,12-13,17,20,23-24H,3-4,7-8,11,14-16,18,28H2,1-2H3,(H,29,32)(H,30,33)/t23-,24?/m1/s1. The average Bonchev–Trinajstić information content (AvgIpc) is 3.34. The van der Waals surface area contributed by atoms with Crippen LogP contribution in [-0.4, -0.2) is 54.3 Å². The summed E-state index contributed by atoms with van der Waals surface area (Å²) in [6.07, 6.45) is 3.97. The minimum absolute atomic E-state index is 0.0427. The zero-order chi connectivity index (χ0) is 24.5. The van der Waals surface area contributed by atoms with Gasteiger partial charge in [-0.1, -0.05) is 56.3 Å². The first kappa shape index (κ1) is 25.7. The van der Waals surface area contributed by atoms with Gasteiger partial charge in [0.15, 0.2) is 0 Å². The molecule has 0 radical (unpaired) electrons. The Kier molecular flexibility index (Phi) is 9.45. The van der Waals surface area contributed by atoms with Gasteiger partial charge in [0.2, 0.25) is 17.7 Å². The van der Waals surface area contributed by atoms with Crippen molar-refractivity contribution >= 4 is 28.5 Å². The molecule has 0 saturated carbocycles. The molecule has 0 aliphatic carbocycles. The summed E-state index contributed by atoms with van der Waals surface area (Å²) in [6.45, 7) is 5.54. The summed E-state index contributed by atoms with van der Waals surface area (Å²) >= 11 is 0. The van der Waals surface area contributed by atoms with E-state index >= 15 is 0 Å². The van der Waals surface area contributed by atoms with E-state index in [4.69, 9.17) is 5.73 Å². The zero-order valence-electron chi connectivity index (χ0n) is 20.4. The van der Waals surface area contributed by atoms with Crippen LogP contribution in [0.2, 0.25) is 0 Å². The van der Waals surface area contributed by atoms with Gasteiger partial charge in [0.25, 0.3) is 0 Å². The maximum absolute atomic E-state index is 13.3. The summed E-state index contributed by atoms with van der Waals surface area (Å²) in [5.41, 5.74) is 6.53. The zero-order valence-corrected chi connectivity index (χ0v) is 20.4. The van der Waals surface area contributed by atoms with E-state index < -0.39 is 12.1 Å². The summed E-state index contributed by atoms with van der Waals surface area (Å²) in [4.78, 5) is 41.0. The smallest absolute Gasteiger partial charge is 0.243 e. The number of amides is 3. The lowest BCUT2D eigenvalue weighted by Crippen LogP contribution is -2.54. The Morgan fingerprint density at radius 3 is 2.53 bits per heavy atom. The van der Waals surface area contributed by atoms with Crippen molar-refractivity contribution in [3.63, 3.8) is 0 Å². The second-order valence-electron chi connectivity index (χ2n) is 9.08. The van der Waals surface area contributed by atoms with Crippen molar-refractivity contribution in [2.75, 3.05) is 19.6 Å². The summed E-state index contributed by atoms with van der Waals surface area (Å²) in [5, 5.41) is 8.07. The molecule has 2 aromatic rings. The van der Waals surface area contributed by atoms with Crippen molar-refractivity contribution in [1.82, 2.24) is 15.5 Å². The molecule has 2 atom stereocenters. The number of hydrogen-bond acceptors (Lipinski definition) is 4. The van der Waals surface area contributed by atoms with Crippen LogP contribution in [0.4, 0.5) is 0 Å². The average molecular weight is 467 g/mol. The first-order valence-electron chi connectivity index (χ1n) is 12.5. The van der Waals surface area contributed by atoms with Crippen LogP contribution >= 0.6 is 0 Å². The highest BCUT2D eigenvalue weighted by Gasteiger charge is 2.37. The van der Waals surface area contributed by atoms with Gasteiger partial charge in [-0.15, -0.1) is 0 Å². The number of fused-ring (bicyclic) bond motifs is 1. The molecule has 184 valence electrons. The van der Waals surface area contributed by atoms with Gasteiger partial charge in [-0.05, 0) is 55.0 Å². The third-order valence-electron chi connectivity index (χ3n) is 6.74. The van der Waals surface area contributed by atoms with Crippen molar-refractivity contribution in [2.45, 2.75) is 64.5 Å². The van der Waals surface area contributed by atoms with E-state index in [1.54, 1.807) is 4.90 Å². The molecule has 1 aliphatic rings. The van der Waals surface area contributed by atoms with Crippen molar-refractivity contribution in [2.24, 2.45) is 11.7 Å². The van der Waals surface area contributed by atoms with Crippen LogP contribution < -0.4 is 16.4 Å². The number of nitrogens with zero attached hydrogens (tertiary/aromatic N) is 1. The van der Waals surface area contributed by atoms with E-state index in [-0.39, 0.29) is 23.6 Å². The lowest BCUT2D eigenvalue weighted by molar-refractivity contribution is -0.142. The van der Waals surface area contributed by atoms with E-state index in [9.17, 15) is 14.4 Å². The normalized spacial score (nSPS) is 16.6. The summed E-state index contributed by atoms with van der Waals surface area (Å²) in [5.74, 6) is -0.509. The number of nitrogens with two attached hydrogens (primary N) is 1. The van der Waals surface area contributed by atoms with E-state index in [2.05, 4.69) is 16.7 Å². The van der Waals surface area contributed by atoms with Crippen LogP contribution in [0, 0.1) is 5.92 Å². The first-order chi connectivity index (χ1) is 16.5. The van der Waals surface area contributed by atoms with E-state index in [0.717, 1.165) is 35.6 Å². The van der Waals surface area contributed by atoms with Gasteiger partial charge < -0.3 is 21.3 Å². The summed E-state index contributed by atoms with van der Waals surface area (Å²) < 4.78 is 0. The summed E-state index contributed by atoms with van der Waals surface area (Å²) in [7, 11) is 0. The highest BCUT2D eigenvalue weighted by Crippen LogP contribution is 2.23. The number of nitrogens with one attached hydrogen (secondary N) is 2. The molecular weight excluding hydrogens is 428 g/mol. The van der Waals surface area contributed by atoms with Crippen LogP contribution in [0.3, 0.4) is 0 Å². The van der Waals surface area contributed by atoms with Gasteiger partial charge in [0.05, 0.1) is 0 Å². The summed E-state index contributed by atoms with van der Waals surface area (Å²) in [6, 6.07) is 12.9. The highest BCUT2D eigenvalue weighted by molar-refractivity contribution is 5.93. The van der Waals surface area contributed by atoms with Crippen molar-refractivity contribution in [1.29, 1.82) is 0 Å². The molecule has 7 nitrogen and oxygen atoms in total. The SMILES string of the molecule is CCC(CC)C(=O)N1CCCC1C(=O)N[C@H](Cc1ccc2ccccc2c1)C(=O)NCCCN. The predicted molar refractivity (Wildman–Crippen MR) is 135 cm³/mol. The fraction of sp³-hybridized carbons (Fsp3) is 0.519. The molecule has 2 aromatic carbocycles. The molecule has 1 heterocycles. The largest absolute Gasteiger partial charge is 0.354 e. The van der Waals surface area contributed by atoms with Gasteiger partial charge >= 0.3 is 0 Å². The van der Waals surface area contributed by atoms with E-state index in [0.29, 0.717) is 38.9 Å². The Hall–Kier alpha value is -2.93. The molecule has 0 spiro atoms. The number of likely N-dealkylation sites (tertiary alicyclic amines) is 1. The molecule has 1 unspecified atom stereocenters. The van der Waals surface area contributed by atoms with Crippen LogP contribution in [0.15, 0.2) is 42.5 Å². The highest BCUT2D eigenvalue weighted by atomic mass is 16.2. The van der Waals surface area contributed by atoms with Crippen LogP contribution in [0.1, 0.15) is 51.5 Å². The number of hydrogen-bond donors (Lipinski definition) is 3. The Morgan fingerprint density at radius 2 is 1.82 bits per heavy atom.